The average Bonchev–Trinajstić information content (AvgIpc) is 3.32. The Labute approximate surface area is 127 Å². The Morgan fingerprint density at radius 2 is 2.05 bits per heavy atom. The van der Waals surface area contributed by atoms with Crippen LogP contribution in [-0.4, -0.2) is 42.1 Å². The van der Waals surface area contributed by atoms with Crippen molar-refractivity contribution in [2.75, 3.05) is 25.9 Å². The van der Waals surface area contributed by atoms with Crippen LogP contribution < -0.4 is 5.32 Å². The number of hydrogen-bond donors (Lipinski definition) is 1. The number of thioether (sulfide) groups is 1. The summed E-state index contributed by atoms with van der Waals surface area (Å²) in [7, 11) is 0. The summed E-state index contributed by atoms with van der Waals surface area (Å²) in [5, 5.41) is 4.51. The summed E-state index contributed by atoms with van der Waals surface area (Å²) < 4.78 is 0. The van der Waals surface area contributed by atoms with Crippen molar-refractivity contribution in [1.82, 2.24) is 10.2 Å². The van der Waals surface area contributed by atoms with Crippen molar-refractivity contribution in [1.29, 1.82) is 0 Å². The van der Waals surface area contributed by atoms with Crippen LogP contribution in [0.5, 0.6) is 0 Å². The van der Waals surface area contributed by atoms with E-state index in [1.54, 1.807) is 0 Å². The monoisotopic (exact) mass is 290 g/mol. The topological polar surface area (TPSA) is 15.3 Å². The first-order chi connectivity index (χ1) is 9.78. The minimum atomic E-state index is 0.542. The molecule has 3 rings (SSSR count). The second-order valence-corrected chi connectivity index (χ2v) is 7.56. The molecule has 110 valence electrons. The molecule has 0 spiro atoms. The SMILES string of the molecule is CSC(C)CN1CC(C2CC2)NCC1c1ccccc1. The van der Waals surface area contributed by atoms with Crippen LogP contribution in [0.15, 0.2) is 30.3 Å². The van der Waals surface area contributed by atoms with E-state index in [0.717, 1.165) is 18.5 Å². The minimum Gasteiger partial charge on any atom is -0.311 e. The summed E-state index contributed by atoms with van der Waals surface area (Å²) in [4.78, 5) is 2.72. The van der Waals surface area contributed by atoms with Crippen LogP contribution in [0, 0.1) is 5.92 Å². The molecule has 1 aliphatic carbocycles. The molecule has 3 heteroatoms. The molecule has 1 N–H and O–H groups in total. The second-order valence-electron chi connectivity index (χ2n) is 6.28. The van der Waals surface area contributed by atoms with Crippen molar-refractivity contribution in [2.45, 2.75) is 37.1 Å². The third kappa shape index (κ3) is 3.38. The van der Waals surface area contributed by atoms with E-state index < -0.39 is 0 Å². The first kappa shape index (κ1) is 14.4. The maximum atomic E-state index is 3.80. The second kappa shape index (κ2) is 6.50. The van der Waals surface area contributed by atoms with Crippen molar-refractivity contribution in [3.05, 3.63) is 35.9 Å². The fraction of sp³-hybridized carbons (Fsp3) is 0.647. The van der Waals surface area contributed by atoms with E-state index in [9.17, 15) is 0 Å². The van der Waals surface area contributed by atoms with Crippen LogP contribution in [0.4, 0.5) is 0 Å². The highest BCUT2D eigenvalue weighted by Gasteiger charge is 2.37. The zero-order chi connectivity index (χ0) is 13.9. The molecule has 2 fully saturated rings. The highest BCUT2D eigenvalue weighted by atomic mass is 32.2. The fourth-order valence-electron chi connectivity index (χ4n) is 3.26. The van der Waals surface area contributed by atoms with Gasteiger partial charge in [-0.25, -0.2) is 0 Å². The first-order valence-corrected chi connectivity index (χ1v) is 9.12. The number of nitrogens with zero attached hydrogens (tertiary/aromatic N) is 1. The lowest BCUT2D eigenvalue weighted by Gasteiger charge is -2.42. The Hall–Kier alpha value is -0.510. The standard InChI is InChI=1S/C17H26N2S/c1-13(20-2)11-19-12-16(14-8-9-14)18-10-17(19)15-6-4-3-5-7-15/h3-7,13-14,16-18H,8-12H2,1-2H3. The smallest absolute Gasteiger partial charge is 0.0473 e. The van der Waals surface area contributed by atoms with Gasteiger partial charge in [-0.15, -0.1) is 0 Å². The quantitative estimate of drug-likeness (QED) is 0.897. The van der Waals surface area contributed by atoms with Gasteiger partial charge >= 0.3 is 0 Å². The van der Waals surface area contributed by atoms with Gasteiger partial charge in [0.1, 0.15) is 0 Å². The fourth-order valence-corrected chi connectivity index (χ4v) is 3.60. The largest absolute Gasteiger partial charge is 0.311 e. The normalized spacial score (nSPS) is 29.3. The number of piperazine rings is 1. The molecular weight excluding hydrogens is 264 g/mol. The van der Waals surface area contributed by atoms with Crippen molar-refractivity contribution < 1.29 is 0 Å². The molecule has 0 bridgehead atoms. The van der Waals surface area contributed by atoms with Gasteiger partial charge in [0.2, 0.25) is 0 Å². The Morgan fingerprint density at radius 1 is 1.30 bits per heavy atom. The predicted octanol–water partition coefficient (Wildman–Crippen LogP) is 3.16. The molecule has 1 saturated carbocycles. The Morgan fingerprint density at radius 3 is 2.70 bits per heavy atom. The lowest BCUT2D eigenvalue weighted by atomic mass is 9.99. The Bertz CT molecular complexity index is 418. The van der Waals surface area contributed by atoms with Crippen LogP contribution in [0.1, 0.15) is 31.4 Å². The van der Waals surface area contributed by atoms with Gasteiger partial charge in [-0.2, -0.15) is 11.8 Å². The number of rotatable bonds is 5. The highest BCUT2D eigenvalue weighted by molar-refractivity contribution is 7.99. The average molecular weight is 290 g/mol. The van der Waals surface area contributed by atoms with E-state index >= 15 is 0 Å². The summed E-state index contributed by atoms with van der Waals surface area (Å²) in [6.07, 6.45) is 5.09. The third-order valence-corrected chi connectivity index (χ3v) is 5.67. The van der Waals surface area contributed by atoms with E-state index in [1.807, 2.05) is 11.8 Å². The van der Waals surface area contributed by atoms with E-state index in [4.69, 9.17) is 0 Å². The summed E-state index contributed by atoms with van der Waals surface area (Å²) in [6, 6.07) is 12.3. The molecule has 1 aromatic carbocycles. The molecular formula is C17H26N2S. The molecule has 1 heterocycles. The maximum absolute atomic E-state index is 3.80. The van der Waals surface area contributed by atoms with Crippen molar-refractivity contribution in [3.63, 3.8) is 0 Å². The van der Waals surface area contributed by atoms with Crippen LogP contribution in [0.25, 0.3) is 0 Å². The summed E-state index contributed by atoms with van der Waals surface area (Å²) >= 11 is 1.98. The summed E-state index contributed by atoms with van der Waals surface area (Å²) in [5.41, 5.74) is 1.46. The molecule has 1 aromatic rings. The van der Waals surface area contributed by atoms with E-state index in [-0.39, 0.29) is 0 Å². The minimum absolute atomic E-state index is 0.542. The molecule has 20 heavy (non-hydrogen) atoms. The predicted molar refractivity (Wildman–Crippen MR) is 88.2 cm³/mol. The Balaban J connectivity index is 1.73. The molecule has 0 aromatic heterocycles. The van der Waals surface area contributed by atoms with E-state index in [1.165, 1.54) is 31.5 Å². The first-order valence-electron chi connectivity index (χ1n) is 7.83. The van der Waals surface area contributed by atoms with Gasteiger partial charge in [-0.05, 0) is 30.6 Å². The Kier molecular flexibility index (Phi) is 4.69. The molecule has 3 atom stereocenters. The van der Waals surface area contributed by atoms with Gasteiger partial charge in [0.25, 0.3) is 0 Å². The van der Waals surface area contributed by atoms with Gasteiger partial charge in [0, 0.05) is 37.0 Å². The molecule has 2 nitrogen and oxygen atoms in total. The molecule has 0 amide bonds. The number of nitrogens with one attached hydrogen (secondary N) is 1. The zero-order valence-corrected chi connectivity index (χ0v) is 13.4. The maximum Gasteiger partial charge on any atom is 0.0473 e. The summed E-state index contributed by atoms with van der Waals surface area (Å²) in [5.74, 6) is 0.943. The zero-order valence-electron chi connectivity index (χ0n) is 12.6. The molecule has 1 saturated heterocycles. The van der Waals surface area contributed by atoms with Crippen LogP contribution in [0.2, 0.25) is 0 Å². The number of benzene rings is 1. The lowest BCUT2D eigenvalue weighted by molar-refractivity contribution is 0.124. The van der Waals surface area contributed by atoms with Gasteiger partial charge in [0.15, 0.2) is 0 Å². The van der Waals surface area contributed by atoms with E-state index in [2.05, 4.69) is 53.7 Å². The highest BCUT2D eigenvalue weighted by Crippen LogP contribution is 2.36. The van der Waals surface area contributed by atoms with Gasteiger partial charge in [-0.3, -0.25) is 4.90 Å². The van der Waals surface area contributed by atoms with Crippen LogP contribution >= 0.6 is 11.8 Å². The van der Waals surface area contributed by atoms with Crippen LogP contribution in [-0.2, 0) is 0 Å². The van der Waals surface area contributed by atoms with Crippen molar-refractivity contribution in [2.24, 2.45) is 5.92 Å². The van der Waals surface area contributed by atoms with Crippen molar-refractivity contribution in [3.8, 4) is 0 Å². The molecule has 0 radical (unpaired) electrons. The lowest BCUT2D eigenvalue weighted by Crippen LogP contribution is -2.54. The third-order valence-electron chi connectivity index (χ3n) is 4.71. The molecule has 3 unspecified atom stereocenters. The molecule has 2 aliphatic rings. The van der Waals surface area contributed by atoms with Gasteiger partial charge in [0.05, 0.1) is 0 Å². The molecule has 1 aliphatic heterocycles. The summed E-state index contributed by atoms with van der Waals surface area (Å²) in [6.45, 7) is 5.87. The number of hydrogen-bond acceptors (Lipinski definition) is 3. The van der Waals surface area contributed by atoms with Crippen molar-refractivity contribution >= 4 is 11.8 Å². The van der Waals surface area contributed by atoms with Gasteiger partial charge < -0.3 is 5.32 Å². The van der Waals surface area contributed by atoms with E-state index in [0.29, 0.717) is 11.3 Å². The van der Waals surface area contributed by atoms with Crippen LogP contribution in [0.3, 0.4) is 0 Å². The van der Waals surface area contributed by atoms with Gasteiger partial charge in [-0.1, -0.05) is 37.3 Å².